The minimum atomic E-state index is -0.659. The van der Waals surface area contributed by atoms with E-state index in [0.29, 0.717) is 24.2 Å². The number of carbonyl (C=O) groups excluding carboxylic acids is 1. The molecule has 1 aromatic carbocycles. The molecule has 1 saturated carbocycles. The molecule has 138 valence electrons. The molecule has 7 heteroatoms. The van der Waals surface area contributed by atoms with Crippen molar-refractivity contribution < 1.29 is 14.6 Å². The summed E-state index contributed by atoms with van der Waals surface area (Å²) < 4.78 is 5.17. The molecule has 2 aromatic rings. The largest absolute Gasteiger partial charge is 0.388 e. The minimum absolute atomic E-state index is 0.234. The molecule has 1 aromatic heterocycles. The predicted molar refractivity (Wildman–Crippen MR) is 98.1 cm³/mol. The lowest BCUT2D eigenvalue weighted by atomic mass is 9.96. The van der Waals surface area contributed by atoms with Crippen molar-refractivity contribution in [3.8, 4) is 0 Å². The Labute approximate surface area is 152 Å². The number of rotatable bonds is 4. The highest BCUT2D eigenvalue weighted by molar-refractivity contribution is 5.98. The summed E-state index contributed by atoms with van der Waals surface area (Å²) >= 11 is 0. The molecule has 1 amide bonds. The Morgan fingerprint density at radius 1 is 1.19 bits per heavy atom. The van der Waals surface area contributed by atoms with Crippen LogP contribution < -0.4 is 10.6 Å². The summed E-state index contributed by atoms with van der Waals surface area (Å²) in [5.74, 6) is 0.378. The minimum Gasteiger partial charge on any atom is -0.388 e. The van der Waals surface area contributed by atoms with E-state index in [0.717, 1.165) is 23.7 Å². The summed E-state index contributed by atoms with van der Waals surface area (Å²) in [6.45, 7) is 0.588. The highest BCUT2D eigenvalue weighted by Crippen LogP contribution is 2.21. The van der Waals surface area contributed by atoms with E-state index in [-0.39, 0.29) is 18.6 Å². The van der Waals surface area contributed by atoms with Gasteiger partial charge in [-0.05, 0) is 25.0 Å². The van der Waals surface area contributed by atoms with Crippen LogP contribution in [0.4, 0.5) is 5.95 Å². The third-order valence-electron chi connectivity index (χ3n) is 5.15. The number of fused-ring (bicyclic) bond motifs is 1. The highest BCUT2D eigenvalue weighted by Gasteiger charge is 2.27. The quantitative estimate of drug-likeness (QED) is 0.774. The number of aliphatic hydroxyl groups is 1. The van der Waals surface area contributed by atoms with Gasteiger partial charge in [-0.25, -0.2) is 9.97 Å². The number of benzene rings is 1. The van der Waals surface area contributed by atoms with Gasteiger partial charge in [0.15, 0.2) is 0 Å². The van der Waals surface area contributed by atoms with Crippen molar-refractivity contribution in [1.29, 1.82) is 0 Å². The van der Waals surface area contributed by atoms with Crippen LogP contribution in [0.3, 0.4) is 0 Å². The van der Waals surface area contributed by atoms with Gasteiger partial charge in [0.2, 0.25) is 5.95 Å². The lowest BCUT2D eigenvalue weighted by Gasteiger charge is -2.22. The van der Waals surface area contributed by atoms with Crippen LogP contribution in [0.2, 0.25) is 0 Å². The number of nitrogens with zero attached hydrogens (tertiary/aromatic N) is 2. The Balaban J connectivity index is 1.50. The molecule has 0 bridgehead atoms. The summed E-state index contributed by atoms with van der Waals surface area (Å²) in [5.41, 5.74) is 1.24. The molecule has 0 radical (unpaired) electrons. The summed E-state index contributed by atoms with van der Waals surface area (Å²) in [6.07, 6.45) is 7.21. The first kappa shape index (κ1) is 17.2. The average Bonchev–Trinajstić information content (AvgIpc) is 3.06. The zero-order valence-electron chi connectivity index (χ0n) is 14.6. The van der Waals surface area contributed by atoms with Crippen molar-refractivity contribution >= 4 is 22.8 Å². The van der Waals surface area contributed by atoms with E-state index in [1.54, 1.807) is 18.3 Å². The Bertz CT molecular complexity index is 791. The lowest BCUT2D eigenvalue weighted by molar-refractivity contribution is 0.0886. The van der Waals surface area contributed by atoms with E-state index in [1.165, 1.54) is 19.3 Å². The van der Waals surface area contributed by atoms with E-state index < -0.39 is 6.10 Å². The maximum Gasteiger partial charge on any atom is 0.251 e. The van der Waals surface area contributed by atoms with Gasteiger partial charge in [0.1, 0.15) is 0 Å². The van der Waals surface area contributed by atoms with Gasteiger partial charge in [-0.3, -0.25) is 4.79 Å². The van der Waals surface area contributed by atoms with Crippen LogP contribution >= 0.6 is 0 Å². The van der Waals surface area contributed by atoms with Gasteiger partial charge < -0.3 is 20.5 Å². The first-order valence-electron chi connectivity index (χ1n) is 9.29. The number of nitrogens with one attached hydrogen (secondary N) is 2. The van der Waals surface area contributed by atoms with Crippen molar-refractivity contribution in [3.63, 3.8) is 0 Å². The van der Waals surface area contributed by atoms with E-state index >= 15 is 0 Å². The first-order valence-corrected chi connectivity index (χ1v) is 9.29. The van der Waals surface area contributed by atoms with Gasteiger partial charge in [0.25, 0.3) is 5.91 Å². The molecule has 2 atom stereocenters. The standard InChI is InChI=1S/C19H24N4O3/c24-17-11-26-10-16(17)22-18(25)12-6-7-13-9-20-19(23-15(13)8-12)21-14-4-2-1-3-5-14/h6-9,14,16-17,24H,1-5,10-11H2,(H,22,25)(H,20,21,23)/t16-,17-/m1/s1. The van der Waals surface area contributed by atoms with Gasteiger partial charge in [-0.1, -0.05) is 25.3 Å². The molecule has 1 aliphatic heterocycles. The summed E-state index contributed by atoms with van der Waals surface area (Å²) in [7, 11) is 0. The highest BCUT2D eigenvalue weighted by atomic mass is 16.5. The van der Waals surface area contributed by atoms with Crippen LogP contribution in [-0.2, 0) is 4.74 Å². The van der Waals surface area contributed by atoms with Gasteiger partial charge in [0.05, 0.1) is 30.9 Å². The van der Waals surface area contributed by atoms with E-state index in [4.69, 9.17) is 4.74 Å². The summed E-state index contributed by atoms with van der Waals surface area (Å²) in [6, 6.07) is 5.41. The topological polar surface area (TPSA) is 96.4 Å². The second kappa shape index (κ2) is 7.55. The van der Waals surface area contributed by atoms with Crippen molar-refractivity contribution in [2.24, 2.45) is 0 Å². The molecule has 2 heterocycles. The molecular weight excluding hydrogens is 332 g/mol. The average molecular weight is 356 g/mol. The number of carbonyl (C=O) groups is 1. The fraction of sp³-hybridized carbons (Fsp3) is 0.526. The molecular formula is C19H24N4O3. The molecule has 3 N–H and O–H groups in total. The molecule has 1 saturated heterocycles. The lowest BCUT2D eigenvalue weighted by Crippen LogP contribution is -2.42. The predicted octanol–water partition coefficient (Wildman–Crippen LogP) is 1.86. The van der Waals surface area contributed by atoms with Crippen LogP contribution in [0.25, 0.3) is 10.9 Å². The Morgan fingerprint density at radius 3 is 2.81 bits per heavy atom. The van der Waals surface area contributed by atoms with E-state index in [9.17, 15) is 9.90 Å². The van der Waals surface area contributed by atoms with Gasteiger partial charge in [-0.2, -0.15) is 0 Å². The molecule has 7 nitrogen and oxygen atoms in total. The number of hydrogen-bond donors (Lipinski definition) is 3. The van der Waals surface area contributed by atoms with Crippen molar-refractivity contribution in [2.45, 2.75) is 50.3 Å². The first-order chi connectivity index (χ1) is 12.7. The smallest absolute Gasteiger partial charge is 0.251 e. The van der Waals surface area contributed by atoms with Crippen LogP contribution in [0.1, 0.15) is 42.5 Å². The van der Waals surface area contributed by atoms with Crippen LogP contribution in [0.5, 0.6) is 0 Å². The Hall–Kier alpha value is -2.25. The Kier molecular flexibility index (Phi) is 4.99. The maximum absolute atomic E-state index is 12.5. The second-order valence-corrected chi connectivity index (χ2v) is 7.13. The van der Waals surface area contributed by atoms with Gasteiger partial charge >= 0.3 is 0 Å². The van der Waals surface area contributed by atoms with E-state index in [1.807, 2.05) is 6.07 Å². The van der Waals surface area contributed by atoms with Crippen molar-refractivity contribution in [3.05, 3.63) is 30.0 Å². The number of aliphatic hydroxyl groups excluding tert-OH is 1. The Morgan fingerprint density at radius 2 is 2.04 bits per heavy atom. The zero-order valence-corrected chi connectivity index (χ0v) is 14.6. The fourth-order valence-electron chi connectivity index (χ4n) is 3.60. The summed E-state index contributed by atoms with van der Waals surface area (Å²) in [5, 5.41) is 16.9. The molecule has 1 aliphatic carbocycles. The number of ether oxygens (including phenoxy) is 1. The normalized spacial score (nSPS) is 23.9. The van der Waals surface area contributed by atoms with Crippen molar-refractivity contribution in [2.75, 3.05) is 18.5 Å². The maximum atomic E-state index is 12.5. The molecule has 4 rings (SSSR count). The van der Waals surface area contributed by atoms with Crippen LogP contribution in [0, 0.1) is 0 Å². The molecule has 2 fully saturated rings. The monoisotopic (exact) mass is 356 g/mol. The number of hydrogen-bond acceptors (Lipinski definition) is 6. The number of aromatic nitrogens is 2. The van der Waals surface area contributed by atoms with Crippen LogP contribution in [-0.4, -0.2) is 52.4 Å². The van der Waals surface area contributed by atoms with E-state index in [2.05, 4.69) is 20.6 Å². The zero-order chi connectivity index (χ0) is 17.9. The molecule has 0 spiro atoms. The second-order valence-electron chi connectivity index (χ2n) is 7.13. The summed E-state index contributed by atoms with van der Waals surface area (Å²) in [4.78, 5) is 21.4. The van der Waals surface area contributed by atoms with Crippen LogP contribution in [0.15, 0.2) is 24.4 Å². The fourth-order valence-corrected chi connectivity index (χ4v) is 3.60. The number of amides is 1. The number of anilines is 1. The third-order valence-corrected chi connectivity index (χ3v) is 5.15. The van der Waals surface area contributed by atoms with Gasteiger partial charge in [-0.15, -0.1) is 0 Å². The van der Waals surface area contributed by atoms with Gasteiger partial charge in [0, 0.05) is 23.2 Å². The van der Waals surface area contributed by atoms with Crippen molar-refractivity contribution in [1.82, 2.24) is 15.3 Å². The molecule has 0 unspecified atom stereocenters. The molecule has 2 aliphatic rings. The SMILES string of the molecule is O=C(N[C@@H]1COC[C@H]1O)c1ccc2cnc(NC3CCCCC3)nc2c1. The third kappa shape index (κ3) is 3.78. The molecule has 26 heavy (non-hydrogen) atoms.